The normalized spacial score (nSPS) is 12.3. The highest BCUT2D eigenvalue weighted by Gasteiger charge is 2.28. The number of halogens is 1. The van der Waals surface area contributed by atoms with Crippen LogP contribution < -0.4 is 15.4 Å². The van der Waals surface area contributed by atoms with E-state index in [-0.39, 0.29) is 29.7 Å². The zero-order chi connectivity index (χ0) is 18.2. The fourth-order valence-corrected chi connectivity index (χ4v) is 2.93. The lowest BCUT2D eigenvalue weighted by atomic mass is 10.2. The van der Waals surface area contributed by atoms with E-state index in [9.17, 15) is 8.42 Å². The molecule has 0 atom stereocenters. The van der Waals surface area contributed by atoms with Crippen molar-refractivity contribution < 1.29 is 13.2 Å². The molecule has 0 aromatic heterocycles. The summed E-state index contributed by atoms with van der Waals surface area (Å²) in [5.41, 5.74) is 0.972. The van der Waals surface area contributed by atoms with Crippen LogP contribution in [0.15, 0.2) is 29.3 Å². The van der Waals surface area contributed by atoms with Crippen molar-refractivity contribution in [3.63, 3.8) is 0 Å². The van der Waals surface area contributed by atoms with Crippen molar-refractivity contribution in [2.75, 3.05) is 26.0 Å². The Labute approximate surface area is 168 Å². The van der Waals surface area contributed by atoms with Crippen molar-refractivity contribution in [2.45, 2.75) is 39.0 Å². The van der Waals surface area contributed by atoms with Crippen molar-refractivity contribution in [3.8, 4) is 5.75 Å². The van der Waals surface area contributed by atoms with Crippen LogP contribution in [0.1, 0.15) is 33.3 Å². The Morgan fingerprint density at radius 1 is 1.20 bits per heavy atom. The van der Waals surface area contributed by atoms with Gasteiger partial charge in [-0.3, -0.25) is 0 Å². The highest BCUT2D eigenvalue weighted by atomic mass is 127. The van der Waals surface area contributed by atoms with Crippen LogP contribution in [0.2, 0.25) is 0 Å². The first-order valence-corrected chi connectivity index (χ1v) is 9.73. The van der Waals surface area contributed by atoms with Gasteiger partial charge in [0.05, 0.1) is 24.2 Å². The van der Waals surface area contributed by atoms with E-state index in [1.165, 1.54) is 0 Å². The predicted octanol–water partition coefficient (Wildman–Crippen LogP) is 2.58. The van der Waals surface area contributed by atoms with Crippen LogP contribution in [0.4, 0.5) is 0 Å². The van der Waals surface area contributed by atoms with Gasteiger partial charge in [0.25, 0.3) is 0 Å². The predicted molar refractivity (Wildman–Crippen MR) is 115 cm³/mol. The number of benzene rings is 1. The molecule has 0 saturated heterocycles. The van der Waals surface area contributed by atoms with Gasteiger partial charge in [0.1, 0.15) is 5.75 Å². The molecule has 0 heterocycles. The Balaban J connectivity index is 0.00000576. The summed E-state index contributed by atoms with van der Waals surface area (Å²) in [5.74, 6) is 1.44. The maximum Gasteiger partial charge on any atom is 0.191 e. The lowest BCUT2D eigenvalue weighted by Crippen LogP contribution is -2.41. The molecule has 0 aliphatic heterocycles. The third kappa shape index (κ3) is 7.81. The fraction of sp³-hybridized carbons (Fsp3) is 0.588. The number of hydrogen-bond donors (Lipinski definition) is 2. The highest BCUT2D eigenvalue weighted by molar-refractivity contribution is 14.0. The zero-order valence-corrected chi connectivity index (χ0v) is 18.8. The summed E-state index contributed by atoms with van der Waals surface area (Å²) in [6, 6.07) is 7.69. The molecule has 0 bridgehead atoms. The van der Waals surface area contributed by atoms with Crippen LogP contribution in [-0.2, 0) is 16.4 Å². The van der Waals surface area contributed by atoms with E-state index < -0.39 is 14.6 Å². The molecule has 1 aromatic rings. The molecule has 0 radical (unpaired) electrons. The summed E-state index contributed by atoms with van der Waals surface area (Å²) < 4.78 is 28.8. The number of methoxy groups -OCH3 is 1. The molecule has 0 spiro atoms. The molecular formula is C17H30IN3O3S. The van der Waals surface area contributed by atoms with Gasteiger partial charge in [-0.2, -0.15) is 0 Å². The van der Waals surface area contributed by atoms with Gasteiger partial charge in [-0.1, -0.05) is 18.2 Å². The highest BCUT2D eigenvalue weighted by Crippen LogP contribution is 2.18. The molecule has 0 aliphatic carbocycles. The van der Waals surface area contributed by atoms with Gasteiger partial charge in [0.2, 0.25) is 0 Å². The van der Waals surface area contributed by atoms with Crippen molar-refractivity contribution >= 4 is 39.8 Å². The van der Waals surface area contributed by atoms with Crippen LogP contribution in [0.3, 0.4) is 0 Å². The first kappa shape index (κ1) is 24.0. The Kier molecular flexibility index (Phi) is 10.4. The SMILES string of the molecule is CCNC(=NCc1ccccc1OC)NCCS(=O)(=O)C(C)(C)C.I. The molecule has 0 saturated carbocycles. The van der Waals surface area contributed by atoms with Crippen molar-refractivity contribution in [1.29, 1.82) is 0 Å². The number of nitrogens with zero attached hydrogens (tertiary/aromatic N) is 1. The lowest BCUT2D eigenvalue weighted by molar-refractivity contribution is 0.410. The van der Waals surface area contributed by atoms with Gasteiger partial charge in [0.15, 0.2) is 15.8 Å². The molecular weight excluding hydrogens is 453 g/mol. The third-order valence-corrected chi connectivity index (χ3v) is 6.15. The number of hydrogen-bond acceptors (Lipinski definition) is 4. The van der Waals surface area contributed by atoms with Gasteiger partial charge >= 0.3 is 0 Å². The minimum absolute atomic E-state index is 0. The number of guanidine groups is 1. The van der Waals surface area contributed by atoms with E-state index in [1.54, 1.807) is 27.9 Å². The van der Waals surface area contributed by atoms with Crippen LogP contribution in [0, 0.1) is 0 Å². The van der Waals surface area contributed by atoms with Crippen LogP contribution in [0.5, 0.6) is 5.75 Å². The molecule has 0 amide bonds. The summed E-state index contributed by atoms with van der Waals surface area (Å²) in [6.45, 7) is 8.56. The summed E-state index contributed by atoms with van der Waals surface area (Å²) in [4.78, 5) is 4.49. The Bertz CT molecular complexity index is 655. The minimum atomic E-state index is -3.15. The van der Waals surface area contributed by atoms with Crippen LogP contribution in [0.25, 0.3) is 0 Å². The fourth-order valence-electron chi connectivity index (χ4n) is 1.95. The zero-order valence-electron chi connectivity index (χ0n) is 15.6. The van der Waals surface area contributed by atoms with Crippen molar-refractivity contribution in [1.82, 2.24) is 10.6 Å². The number of nitrogens with one attached hydrogen (secondary N) is 2. The Morgan fingerprint density at radius 3 is 2.40 bits per heavy atom. The summed E-state index contributed by atoms with van der Waals surface area (Å²) in [7, 11) is -1.52. The average molecular weight is 483 g/mol. The molecule has 0 aliphatic rings. The molecule has 6 nitrogen and oxygen atoms in total. The topological polar surface area (TPSA) is 79.8 Å². The molecule has 2 N–H and O–H groups in total. The van der Waals surface area contributed by atoms with Gasteiger partial charge in [-0.05, 0) is 33.8 Å². The second kappa shape index (κ2) is 10.8. The largest absolute Gasteiger partial charge is 0.496 e. The minimum Gasteiger partial charge on any atom is -0.496 e. The van der Waals surface area contributed by atoms with E-state index in [1.807, 2.05) is 31.2 Å². The van der Waals surface area contributed by atoms with E-state index in [2.05, 4.69) is 15.6 Å². The molecule has 0 unspecified atom stereocenters. The number of sulfone groups is 1. The summed E-state index contributed by atoms with van der Waals surface area (Å²) in [5, 5.41) is 6.19. The van der Waals surface area contributed by atoms with Crippen LogP contribution in [-0.4, -0.2) is 45.1 Å². The number of aliphatic imine (C=N–C) groups is 1. The monoisotopic (exact) mass is 483 g/mol. The maximum atomic E-state index is 12.1. The van der Waals surface area contributed by atoms with E-state index in [0.717, 1.165) is 11.3 Å². The summed E-state index contributed by atoms with van der Waals surface area (Å²) >= 11 is 0. The average Bonchev–Trinajstić information content (AvgIpc) is 2.51. The quantitative estimate of drug-likeness (QED) is 0.354. The standard InChI is InChI=1S/C17H29N3O3S.HI/c1-6-18-16(19-11-12-24(21,22)17(2,3)4)20-13-14-9-7-8-10-15(14)23-5;/h7-10H,6,11-13H2,1-5H3,(H2,18,19,20);1H. The molecule has 1 aromatic carbocycles. The van der Waals surface area contributed by atoms with E-state index in [4.69, 9.17) is 4.74 Å². The van der Waals surface area contributed by atoms with Gasteiger partial charge in [-0.15, -0.1) is 24.0 Å². The smallest absolute Gasteiger partial charge is 0.191 e. The second-order valence-corrected chi connectivity index (χ2v) is 9.23. The summed E-state index contributed by atoms with van der Waals surface area (Å²) in [6.07, 6.45) is 0. The maximum absolute atomic E-state index is 12.1. The van der Waals surface area contributed by atoms with Crippen molar-refractivity contribution in [3.05, 3.63) is 29.8 Å². The van der Waals surface area contributed by atoms with E-state index in [0.29, 0.717) is 25.6 Å². The third-order valence-electron chi connectivity index (χ3n) is 3.54. The molecule has 0 fully saturated rings. The second-order valence-electron chi connectivity index (χ2n) is 6.37. The lowest BCUT2D eigenvalue weighted by Gasteiger charge is -2.19. The molecule has 8 heteroatoms. The molecule has 25 heavy (non-hydrogen) atoms. The first-order chi connectivity index (χ1) is 11.2. The first-order valence-electron chi connectivity index (χ1n) is 8.07. The van der Waals surface area contributed by atoms with Gasteiger partial charge in [-0.25, -0.2) is 13.4 Å². The van der Waals surface area contributed by atoms with Gasteiger partial charge < -0.3 is 15.4 Å². The molecule has 144 valence electrons. The van der Waals surface area contributed by atoms with E-state index >= 15 is 0 Å². The Hall–Kier alpha value is -1.03. The number of rotatable bonds is 7. The van der Waals surface area contributed by atoms with Gasteiger partial charge in [0, 0.05) is 18.7 Å². The Morgan fingerprint density at radius 2 is 1.84 bits per heavy atom. The van der Waals surface area contributed by atoms with Crippen LogP contribution >= 0.6 is 24.0 Å². The number of para-hydroxylation sites is 1. The number of ether oxygens (including phenoxy) is 1. The molecule has 1 rings (SSSR count). The van der Waals surface area contributed by atoms with Crippen molar-refractivity contribution in [2.24, 2.45) is 4.99 Å².